The number of aldehydes is 1. The van der Waals surface area contributed by atoms with Gasteiger partial charge in [0.25, 0.3) is 5.91 Å². The van der Waals surface area contributed by atoms with Crippen LogP contribution in [-0.4, -0.2) is 60.7 Å². The van der Waals surface area contributed by atoms with Gasteiger partial charge in [-0.2, -0.15) is 0 Å². The minimum atomic E-state index is -1.01. The molecule has 2 aromatic rings. The van der Waals surface area contributed by atoms with Gasteiger partial charge in [0.05, 0.1) is 18.1 Å². The van der Waals surface area contributed by atoms with Crippen LogP contribution in [-0.2, 0) is 24.5 Å². The van der Waals surface area contributed by atoms with Gasteiger partial charge in [-0.3, -0.25) is 14.4 Å². The Labute approximate surface area is 193 Å². The van der Waals surface area contributed by atoms with Crippen LogP contribution in [0.4, 0.5) is 0 Å². The van der Waals surface area contributed by atoms with E-state index in [2.05, 4.69) is 5.32 Å². The van der Waals surface area contributed by atoms with Crippen LogP contribution in [0.1, 0.15) is 35.7 Å². The molecule has 0 radical (unpaired) electrons. The van der Waals surface area contributed by atoms with Crippen LogP contribution in [0.25, 0.3) is 0 Å². The number of hydrogen-bond acceptors (Lipinski definition) is 5. The molecule has 1 saturated heterocycles. The van der Waals surface area contributed by atoms with Gasteiger partial charge in [-0.15, -0.1) is 0 Å². The van der Waals surface area contributed by atoms with E-state index >= 15 is 0 Å². The standard InChI is InChI=1S/C25H29N3O5/c1-25(16-29,18-11-7-4-8-12-18)14-20(27-23(31)17-9-5-3-6-10-17)24(32)28(2)19-13-21(22(26)30)33-15-19/h3-12,16,19-21H,13-15H2,1-2H3,(H2,26,30)(H,27,31)/t19?,20-,21?,25?/m0/s1. The zero-order valence-electron chi connectivity index (χ0n) is 18.8. The highest BCUT2D eigenvalue weighted by molar-refractivity contribution is 5.97. The number of likely N-dealkylation sites (N-methyl/N-ethyl adjacent to an activating group) is 1. The fraction of sp³-hybridized carbons (Fsp3) is 0.360. The zero-order valence-corrected chi connectivity index (χ0v) is 18.8. The number of benzene rings is 2. The lowest BCUT2D eigenvalue weighted by molar-refractivity contribution is -0.134. The summed E-state index contributed by atoms with van der Waals surface area (Å²) in [5.41, 5.74) is 5.47. The van der Waals surface area contributed by atoms with Gasteiger partial charge < -0.3 is 25.5 Å². The van der Waals surface area contributed by atoms with Crippen LogP contribution in [0, 0.1) is 0 Å². The number of rotatable bonds is 9. The van der Waals surface area contributed by atoms with E-state index in [1.165, 1.54) is 4.90 Å². The predicted octanol–water partition coefficient (Wildman–Crippen LogP) is 1.43. The van der Waals surface area contributed by atoms with Crippen LogP contribution >= 0.6 is 0 Å². The maximum absolute atomic E-state index is 13.5. The van der Waals surface area contributed by atoms with Crippen LogP contribution in [0.3, 0.4) is 0 Å². The maximum Gasteiger partial charge on any atom is 0.251 e. The van der Waals surface area contributed by atoms with Gasteiger partial charge in [-0.1, -0.05) is 48.5 Å². The van der Waals surface area contributed by atoms with E-state index in [-0.39, 0.29) is 31.4 Å². The molecule has 1 aliphatic rings. The SMILES string of the molecule is CN(C(=O)[C@H](CC(C)(C=O)c1ccccc1)NC(=O)c1ccccc1)C1COC(C(N)=O)C1. The summed E-state index contributed by atoms with van der Waals surface area (Å²) in [6.07, 6.45) is 0.390. The molecule has 3 amide bonds. The second-order valence-corrected chi connectivity index (χ2v) is 8.56. The Morgan fingerprint density at radius 3 is 2.30 bits per heavy atom. The fourth-order valence-electron chi connectivity index (χ4n) is 4.01. The molecule has 3 N–H and O–H groups in total. The Bertz CT molecular complexity index is 998. The van der Waals surface area contributed by atoms with Crippen molar-refractivity contribution in [3.8, 4) is 0 Å². The minimum absolute atomic E-state index is 0.0646. The molecule has 1 heterocycles. The van der Waals surface area contributed by atoms with Gasteiger partial charge >= 0.3 is 0 Å². The first-order valence-corrected chi connectivity index (χ1v) is 10.8. The predicted molar refractivity (Wildman–Crippen MR) is 122 cm³/mol. The largest absolute Gasteiger partial charge is 0.367 e. The molecular formula is C25H29N3O5. The summed E-state index contributed by atoms with van der Waals surface area (Å²) in [6, 6.07) is 16.3. The first kappa shape index (κ1) is 24.1. The van der Waals surface area contributed by atoms with E-state index in [1.807, 2.05) is 30.3 Å². The molecule has 174 valence electrons. The minimum Gasteiger partial charge on any atom is -0.367 e. The average Bonchev–Trinajstić information content (AvgIpc) is 3.34. The Hall–Kier alpha value is -3.52. The molecule has 1 fully saturated rings. The maximum atomic E-state index is 13.5. The zero-order chi connectivity index (χ0) is 24.0. The molecule has 33 heavy (non-hydrogen) atoms. The monoisotopic (exact) mass is 451 g/mol. The number of carbonyl (C=O) groups excluding carboxylic acids is 4. The molecule has 3 rings (SSSR count). The van der Waals surface area contributed by atoms with E-state index in [1.54, 1.807) is 44.3 Å². The highest BCUT2D eigenvalue weighted by Crippen LogP contribution is 2.28. The lowest BCUT2D eigenvalue weighted by Crippen LogP contribution is -2.53. The molecule has 0 aromatic heterocycles. The third-order valence-electron chi connectivity index (χ3n) is 6.15. The summed E-state index contributed by atoms with van der Waals surface area (Å²) in [7, 11) is 1.60. The number of primary amides is 1. The van der Waals surface area contributed by atoms with Gasteiger partial charge in [0.2, 0.25) is 11.8 Å². The molecular weight excluding hydrogens is 422 g/mol. The number of nitrogens with zero attached hydrogens (tertiary/aromatic N) is 1. The number of carbonyl (C=O) groups is 4. The smallest absolute Gasteiger partial charge is 0.251 e. The van der Waals surface area contributed by atoms with Crippen molar-refractivity contribution in [1.82, 2.24) is 10.2 Å². The normalized spacial score (nSPS) is 20.3. The molecule has 1 aliphatic heterocycles. The molecule has 0 saturated carbocycles. The quantitative estimate of drug-likeness (QED) is 0.559. The number of ether oxygens (including phenoxy) is 1. The van der Waals surface area contributed by atoms with E-state index in [0.29, 0.717) is 5.56 Å². The summed E-state index contributed by atoms with van der Waals surface area (Å²) >= 11 is 0. The summed E-state index contributed by atoms with van der Waals surface area (Å²) in [6.45, 7) is 1.91. The Balaban J connectivity index is 1.86. The van der Waals surface area contributed by atoms with Gasteiger partial charge in [0.15, 0.2) is 0 Å². The number of amides is 3. The van der Waals surface area contributed by atoms with Crippen molar-refractivity contribution in [2.45, 2.75) is 43.4 Å². The molecule has 0 aliphatic carbocycles. The van der Waals surface area contributed by atoms with Crippen LogP contribution in [0.2, 0.25) is 0 Å². The highest BCUT2D eigenvalue weighted by Gasteiger charge is 2.39. The van der Waals surface area contributed by atoms with Crippen LogP contribution < -0.4 is 11.1 Å². The second kappa shape index (κ2) is 10.4. The molecule has 2 aromatic carbocycles. The molecule has 8 nitrogen and oxygen atoms in total. The third kappa shape index (κ3) is 5.64. The van der Waals surface area contributed by atoms with E-state index in [9.17, 15) is 19.2 Å². The number of hydrogen-bond donors (Lipinski definition) is 2. The van der Waals surface area contributed by atoms with Crippen molar-refractivity contribution in [1.29, 1.82) is 0 Å². The van der Waals surface area contributed by atoms with Gasteiger partial charge in [-0.05, 0) is 31.0 Å². The first-order chi connectivity index (χ1) is 15.7. The molecule has 4 atom stereocenters. The van der Waals surface area contributed by atoms with Crippen molar-refractivity contribution in [2.24, 2.45) is 5.73 Å². The highest BCUT2D eigenvalue weighted by atomic mass is 16.5. The Morgan fingerprint density at radius 1 is 1.15 bits per heavy atom. The summed E-state index contributed by atoms with van der Waals surface area (Å²) < 4.78 is 5.41. The van der Waals surface area contributed by atoms with Gasteiger partial charge in [0.1, 0.15) is 18.4 Å². The van der Waals surface area contributed by atoms with Crippen LogP contribution in [0.15, 0.2) is 60.7 Å². The first-order valence-electron chi connectivity index (χ1n) is 10.8. The van der Waals surface area contributed by atoms with Gasteiger partial charge in [0, 0.05) is 19.0 Å². The van der Waals surface area contributed by atoms with E-state index < -0.39 is 29.4 Å². The molecule has 0 spiro atoms. The van der Waals surface area contributed by atoms with Crippen molar-refractivity contribution >= 4 is 24.0 Å². The molecule has 3 unspecified atom stereocenters. The van der Waals surface area contributed by atoms with Crippen molar-refractivity contribution in [2.75, 3.05) is 13.7 Å². The van der Waals surface area contributed by atoms with E-state index in [4.69, 9.17) is 10.5 Å². The lowest BCUT2D eigenvalue weighted by Gasteiger charge is -2.33. The summed E-state index contributed by atoms with van der Waals surface area (Å²) in [5.74, 6) is -1.37. The number of nitrogens with two attached hydrogens (primary N) is 1. The lowest BCUT2D eigenvalue weighted by atomic mass is 9.78. The average molecular weight is 452 g/mol. The van der Waals surface area contributed by atoms with Gasteiger partial charge in [-0.25, -0.2) is 0 Å². The summed E-state index contributed by atoms with van der Waals surface area (Å²) in [4.78, 5) is 51.5. The van der Waals surface area contributed by atoms with Crippen molar-refractivity contribution < 1.29 is 23.9 Å². The number of nitrogens with one attached hydrogen (secondary N) is 1. The Morgan fingerprint density at radius 2 is 1.76 bits per heavy atom. The second-order valence-electron chi connectivity index (χ2n) is 8.56. The van der Waals surface area contributed by atoms with E-state index in [0.717, 1.165) is 11.8 Å². The summed E-state index contributed by atoms with van der Waals surface area (Å²) in [5, 5.41) is 2.81. The third-order valence-corrected chi connectivity index (χ3v) is 6.15. The van der Waals surface area contributed by atoms with Crippen LogP contribution in [0.5, 0.6) is 0 Å². The molecule has 0 bridgehead atoms. The van der Waals surface area contributed by atoms with Crippen molar-refractivity contribution in [3.05, 3.63) is 71.8 Å². The topological polar surface area (TPSA) is 119 Å². The molecule has 8 heteroatoms. The Kier molecular flexibility index (Phi) is 7.60. The van der Waals surface area contributed by atoms with Crippen molar-refractivity contribution in [3.63, 3.8) is 0 Å². The fourth-order valence-corrected chi connectivity index (χ4v) is 4.01.